The molecule has 10 nitrogen and oxygen atoms in total. The number of nitrogens with one attached hydrogen (secondary N) is 1. The van der Waals surface area contributed by atoms with Gasteiger partial charge >= 0.3 is 5.63 Å². The van der Waals surface area contributed by atoms with E-state index in [9.17, 15) is 38.8 Å². The van der Waals surface area contributed by atoms with Gasteiger partial charge in [0.05, 0.1) is 6.61 Å². The fraction of sp³-hybridized carbons (Fsp3) is 0.375. The predicted octanol–water partition coefficient (Wildman–Crippen LogP) is -1.69. The number of halogens is 2. The molecule has 1 amide bonds. The van der Waals surface area contributed by atoms with E-state index < -0.39 is 77.3 Å². The smallest absolute Gasteiger partial charge is 0.349 e. The van der Waals surface area contributed by atoms with Gasteiger partial charge in [0.25, 0.3) is 5.91 Å². The summed E-state index contributed by atoms with van der Waals surface area (Å²) in [6.07, 6.45) is -6.55. The molecule has 2 heterocycles. The average molecular weight is 403 g/mol. The van der Waals surface area contributed by atoms with E-state index in [-0.39, 0.29) is 5.39 Å². The van der Waals surface area contributed by atoms with Crippen molar-refractivity contribution in [3.63, 3.8) is 0 Å². The van der Waals surface area contributed by atoms with Crippen molar-refractivity contribution in [1.29, 1.82) is 0 Å². The van der Waals surface area contributed by atoms with Crippen molar-refractivity contribution >= 4 is 16.9 Å². The molecule has 6 N–H and O–H groups in total. The summed E-state index contributed by atoms with van der Waals surface area (Å²) >= 11 is 0. The monoisotopic (exact) mass is 403 g/mol. The number of aliphatic hydroxyl groups excluding tert-OH is 4. The van der Waals surface area contributed by atoms with Crippen LogP contribution in [0.2, 0.25) is 0 Å². The van der Waals surface area contributed by atoms with Crippen molar-refractivity contribution in [1.82, 2.24) is 5.32 Å². The molecule has 1 aliphatic rings. The van der Waals surface area contributed by atoms with Crippen LogP contribution >= 0.6 is 0 Å². The molecule has 1 aromatic heterocycles. The first-order chi connectivity index (χ1) is 13.1. The number of fused-ring (bicyclic) bond motifs is 1. The molecule has 1 fully saturated rings. The molecule has 0 spiro atoms. The standard InChI is InChI=1S/C16H15F2NO9/c17-6-2-4-1-5(15(25)28-13(4)8(18)10(6)21)14(24)19-9-12(23)11(22)7(3-20)27-16(9)26/h1-2,7,9,11-12,16,20-23,26H,3H2,(H,19,24). The van der Waals surface area contributed by atoms with Crippen LogP contribution in [0.15, 0.2) is 21.3 Å². The highest BCUT2D eigenvalue weighted by atomic mass is 19.1. The van der Waals surface area contributed by atoms with Gasteiger partial charge in [-0.3, -0.25) is 4.79 Å². The minimum atomic E-state index is -1.83. The maximum absolute atomic E-state index is 13.8. The first kappa shape index (κ1) is 20.1. The second kappa shape index (κ2) is 7.41. The zero-order valence-corrected chi connectivity index (χ0v) is 13.9. The molecule has 152 valence electrons. The maximum atomic E-state index is 13.8. The summed E-state index contributed by atoms with van der Waals surface area (Å²) in [5.74, 6) is -5.43. The van der Waals surface area contributed by atoms with E-state index in [1.54, 1.807) is 0 Å². The Morgan fingerprint density at radius 2 is 1.86 bits per heavy atom. The van der Waals surface area contributed by atoms with E-state index in [0.717, 1.165) is 6.07 Å². The third-order valence-corrected chi connectivity index (χ3v) is 4.33. The van der Waals surface area contributed by atoms with Crippen LogP contribution in [0.3, 0.4) is 0 Å². The molecule has 1 aliphatic heterocycles. The number of carbonyl (C=O) groups excluding carboxylic acids is 1. The first-order valence-electron chi connectivity index (χ1n) is 7.92. The second-order valence-electron chi connectivity index (χ2n) is 6.11. The molecule has 1 saturated heterocycles. The minimum absolute atomic E-state index is 0.348. The third kappa shape index (κ3) is 3.31. The molecule has 2 aromatic rings. The molecule has 12 heteroatoms. The van der Waals surface area contributed by atoms with Crippen LogP contribution in [0.25, 0.3) is 11.0 Å². The van der Waals surface area contributed by atoms with Crippen LogP contribution in [0.4, 0.5) is 8.78 Å². The Morgan fingerprint density at radius 1 is 1.18 bits per heavy atom. The van der Waals surface area contributed by atoms with Crippen molar-refractivity contribution in [2.75, 3.05) is 6.61 Å². The van der Waals surface area contributed by atoms with Gasteiger partial charge in [-0.05, 0) is 12.1 Å². The maximum Gasteiger partial charge on any atom is 0.349 e. The van der Waals surface area contributed by atoms with Crippen molar-refractivity contribution < 1.29 is 48.3 Å². The number of benzene rings is 1. The van der Waals surface area contributed by atoms with Gasteiger partial charge in [0, 0.05) is 5.39 Å². The number of aliphatic hydroxyl groups is 4. The fourth-order valence-electron chi connectivity index (χ4n) is 2.82. The Morgan fingerprint density at radius 3 is 2.50 bits per heavy atom. The van der Waals surface area contributed by atoms with Gasteiger partial charge in [-0.15, -0.1) is 0 Å². The van der Waals surface area contributed by atoms with Crippen LogP contribution in [-0.2, 0) is 4.74 Å². The van der Waals surface area contributed by atoms with Gasteiger partial charge in [-0.1, -0.05) is 0 Å². The van der Waals surface area contributed by atoms with Crippen molar-refractivity contribution in [2.45, 2.75) is 30.6 Å². The summed E-state index contributed by atoms with van der Waals surface area (Å²) in [5, 5.41) is 49.6. The Kier molecular flexibility index (Phi) is 5.32. The molecule has 0 aliphatic carbocycles. The molecule has 5 atom stereocenters. The molecule has 1 aromatic carbocycles. The van der Waals surface area contributed by atoms with Crippen LogP contribution in [0.1, 0.15) is 10.4 Å². The highest BCUT2D eigenvalue weighted by molar-refractivity contribution is 5.97. The molecule has 5 unspecified atom stereocenters. The van der Waals surface area contributed by atoms with Crippen molar-refractivity contribution in [2.24, 2.45) is 0 Å². The predicted molar refractivity (Wildman–Crippen MR) is 85.3 cm³/mol. The zero-order valence-electron chi connectivity index (χ0n) is 13.9. The Balaban J connectivity index is 1.92. The molecule has 3 rings (SSSR count). The van der Waals surface area contributed by atoms with Crippen molar-refractivity contribution in [3.05, 3.63) is 39.8 Å². The van der Waals surface area contributed by atoms with Gasteiger partial charge in [0.1, 0.15) is 29.9 Å². The summed E-state index contributed by atoms with van der Waals surface area (Å²) in [6, 6.07) is -0.165. The minimum Gasteiger partial charge on any atom is -0.503 e. The SMILES string of the molecule is O=C(NC1C(O)OC(CO)C(O)C1O)c1cc2cc(F)c(O)c(F)c2oc1=O. The highest BCUT2D eigenvalue weighted by Crippen LogP contribution is 2.28. The molecule has 0 radical (unpaired) electrons. The van der Waals surface area contributed by atoms with E-state index in [2.05, 4.69) is 9.73 Å². The van der Waals surface area contributed by atoms with Crippen LogP contribution in [-0.4, -0.2) is 68.7 Å². The van der Waals surface area contributed by atoms with E-state index in [0.29, 0.717) is 6.07 Å². The van der Waals surface area contributed by atoms with Gasteiger partial charge in [0.2, 0.25) is 5.82 Å². The van der Waals surface area contributed by atoms with Gasteiger partial charge in [-0.25, -0.2) is 9.18 Å². The first-order valence-corrected chi connectivity index (χ1v) is 7.92. The van der Waals surface area contributed by atoms with E-state index >= 15 is 0 Å². The number of amides is 1. The molecule has 0 saturated carbocycles. The number of phenols is 1. The third-order valence-electron chi connectivity index (χ3n) is 4.33. The van der Waals surface area contributed by atoms with Crippen LogP contribution < -0.4 is 10.9 Å². The van der Waals surface area contributed by atoms with Crippen LogP contribution in [0, 0.1) is 11.6 Å². The van der Waals surface area contributed by atoms with Crippen molar-refractivity contribution in [3.8, 4) is 5.75 Å². The number of rotatable bonds is 3. The van der Waals surface area contributed by atoms with E-state index in [4.69, 9.17) is 9.84 Å². The zero-order chi connectivity index (χ0) is 20.7. The molecular formula is C16H15F2NO9. The number of carbonyl (C=O) groups is 1. The normalized spacial score (nSPS) is 27.7. The fourth-order valence-corrected chi connectivity index (χ4v) is 2.82. The lowest BCUT2D eigenvalue weighted by molar-refractivity contribution is -0.252. The van der Waals surface area contributed by atoms with E-state index in [1.807, 2.05) is 0 Å². The summed E-state index contributed by atoms with van der Waals surface area (Å²) in [6.45, 7) is -0.714. The lowest BCUT2D eigenvalue weighted by atomic mass is 9.97. The lowest BCUT2D eigenvalue weighted by Crippen LogP contribution is -2.64. The summed E-state index contributed by atoms with van der Waals surface area (Å²) in [7, 11) is 0. The van der Waals surface area contributed by atoms with Gasteiger partial charge < -0.3 is 40.0 Å². The van der Waals surface area contributed by atoms with E-state index in [1.165, 1.54) is 0 Å². The Hall–Kier alpha value is -2.64. The number of hydrogen-bond acceptors (Lipinski definition) is 9. The summed E-state index contributed by atoms with van der Waals surface area (Å²) < 4.78 is 36.8. The highest BCUT2D eigenvalue weighted by Gasteiger charge is 2.44. The topological polar surface area (TPSA) is 170 Å². The number of aromatic hydroxyl groups is 1. The quantitative estimate of drug-likeness (QED) is 0.327. The summed E-state index contributed by atoms with van der Waals surface area (Å²) in [5.41, 5.74) is -2.85. The Bertz CT molecular complexity index is 979. The second-order valence-corrected chi connectivity index (χ2v) is 6.11. The van der Waals surface area contributed by atoms with Gasteiger partial charge in [-0.2, -0.15) is 4.39 Å². The van der Waals surface area contributed by atoms with Crippen LogP contribution in [0.5, 0.6) is 5.75 Å². The summed E-state index contributed by atoms with van der Waals surface area (Å²) in [4.78, 5) is 24.3. The average Bonchev–Trinajstić information content (AvgIpc) is 2.66. The van der Waals surface area contributed by atoms with Gasteiger partial charge in [0.15, 0.2) is 23.4 Å². The molecule has 28 heavy (non-hydrogen) atoms. The Labute approximate surface area is 154 Å². The number of ether oxygens (including phenoxy) is 1. The molecular weight excluding hydrogens is 388 g/mol. The number of hydrogen-bond donors (Lipinski definition) is 6. The lowest BCUT2D eigenvalue weighted by Gasteiger charge is -2.40. The largest absolute Gasteiger partial charge is 0.503 e. The molecule has 0 bridgehead atoms. The number of phenolic OH excluding ortho intramolecular Hbond substituents is 1.